The van der Waals surface area contributed by atoms with Crippen molar-refractivity contribution in [1.82, 2.24) is 14.9 Å². The number of hydrogen-bond donors (Lipinski definition) is 2. The number of benzene rings is 1. The lowest BCUT2D eigenvalue weighted by Crippen LogP contribution is -2.45. The zero-order valence-electron chi connectivity index (χ0n) is 14.9. The third-order valence-corrected chi connectivity index (χ3v) is 6.28. The number of sulfonamides is 1. The summed E-state index contributed by atoms with van der Waals surface area (Å²) in [5.41, 5.74) is 1.90. The van der Waals surface area contributed by atoms with Crippen molar-refractivity contribution in [2.45, 2.75) is 31.0 Å². The van der Waals surface area contributed by atoms with Crippen molar-refractivity contribution in [3.63, 3.8) is 0 Å². The number of nitrogens with one attached hydrogen (secondary N) is 2. The first-order valence-corrected chi connectivity index (χ1v) is 10.1. The molecule has 0 bridgehead atoms. The number of amides is 1. The number of fused-ring (bicyclic) bond motifs is 1. The summed E-state index contributed by atoms with van der Waals surface area (Å²) in [6, 6.07) is 4.95. The summed E-state index contributed by atoms with van der Waals surface area (Å²) in [5.74, 6) is 0.412. The Bertz CT molecular complexity index is 734. The van der Waals surface area contributed by atoms with Crippen LogP contribution >= 0.6 is 12.4 Å². The molecule has 9 heteroatoms. The molecule has 2 aliphatic rings. The molecule has 0 aromatic heterocycles. The van der Waals surface area contributed by atoms with E-state index in [0.29, 0.717) is 32.2 Å². The Kier molecular flexibility index (Phi) is 7.42. The van der Waals surface area contributed by atoms with Gasteiger partial charge in [-0.3, -0.25) is 4.79 Å². The SMILES string of the molecule is CNCC1CCN(C(=O)CNS(=O)(=O)c2ccc3c(c2)COC3)CC1.Cl. The van der Waals surface area contributed by atoms with Crippen LogP contribution in [0.4, 0.5) is 0 Å². The van der Waals surface area contributed by atoms with E-state index in [1.807, 2.05) is 7.05 Å². The van der Waals surface area contributed by atoms with Gasteiger partial charge >= 0.3 is 0 Å². The van der Waals surface area contributed by atoms with Crippen LogP contribution in [0.1, 0.15) is 24.0 Å². The summed E-state index contributed by atoms with van der Waals surface area (Å²) in [7, 11) is -1.77. The van der Waals surface area contributed by atoms with Crippen LogP contribution in [0.15, 0.2) is 23.1 Å². The summed E-state index contributed by atoms with van der Waals surface area (Å²) in [5, 5.41) is 3.16. The second kappa shape index (κ2) is 9.14. The van der Waals surface area contributed by atoms with Gasteiger partial charge < -0.3 is 15.0 Å². The zero-order chi connectivity index (χ0) is 17.9. The number of carbonyl (C=O) groups is 1. The average Bonchev–Trinajstić information content (AvgIpc) is 3.08. The number of rotatable bonds is 6. The second-order valence-corrected chi connectivity index (χ2v) is 8.40. The molecule has 1 amide bonds. The predicted molar refractivity (Wildman–Crippen MR) is 101 cm³/mol. The van der Waals surface area contributed by atoms with Crippen LogP contribution in [-0.2, 0) is 32.8 Å². The van der Waals surface area contributed by atoms with Crippen LogP contribution in [0, 0.1) is 5.92 Å². The molecule has 0 spiro atoms. The van der Waals surface area contributed by atoms with Gasteiger partial charge in [0, 0.05) is 13.1 Å². The van der Waals surface area contributed by atoms with Crippen molar-refractivity contribution < 1.29 is 17.9 Å². The van der Waals surface area contributed by atoms with Gasteiger partial charge in [-0.1, -0.05) is 6.07 Å². The second-order valence-electron chi connectivity index (χ2n) is 6.63. The topological polar surface area (TPSA) is 87.7 Å². The minimum absolute atomic E-state index is 0. The molecule has 146 valence electrons. The molecule has 1 aromatic rings. The van der Waals surface area contributed by atoms with Crippen molar-refractivity contribution >= 4 is 28.3 Å². The third-order valence-electron chi connectivity index (χ3n) is 4.88. The van der Waals surface area contributed by atoms with Crippen molar-refractivity contribution in [2.75, 3.05) is 33.2 Å². The van der Waals surface area contributed by atoms with Crippen molar-refractivity contribution in [3.05, 3.63) is 29.3 Å². The van der Waals surface area contributed by atoms with Gasteiger partial charge in [-0.2, -0.15) is 0 Å². The predicted octanol–water partition coefficient (Wildman–Crippen LogP) is 0.875. The summed E-state index contributed by atoms with van der Waals surface area (Å²) in [6.07, 6.45) is 1.90. The highest BCUT2D eigenvalue weighted by atomic mass is 35.5. The monoisotopic (exact) mass is 403 g/mol. The number of likely N-dealkylation sites (tertiary alicyclic amines) is 1. The van der Waals surface area contributed by atoms with Crippen molar-refractivity contribution in [3.8, 4) is 0 Å². The Balaban J connectivity index is 0.00000243. The molecule has 1 fully saturated rings. The van der Waals surface area contributed by atoms with Crippen LogP contribution in [0.5, 0.6) is 0 Å². The molecule has 0 saturated carbocycles. The molecule has 1 aromatic carbocycles. The summed E-state index contributed by atoms with van der Waals surface area (Å²) >= 11 is 0. The molecular weight excluding hydrogens is 378 g/mol. The maximum atomic E-state index is 12.4. The van der Waals surface area contributed by atoms with E-state index < -0.39 is 10.0 Å². The van der Waals surface area contributed by atoms with Gasteiger partial charge in [-0.25, -0.2) is 13.1 Å². The average molecular weight is 404 g/mol. The number of hydrogen-bond acceptors (Lipinski definition) is 5. The van der Waals surface area contributed by atoms with Gasteiger partial charge in [0.25, 0.3) is 0 Å². The Morgan fingerprint density at radius 2 is 1.92 bits per heavy atom. The lowest BCUT2D eigenvalue weighted by Gasteiger charge is -2.32. The molecule has 2 aliphatic heterocycles. The highest BCUT2D eigenvalue weighted by Crippen LogP contribution is 2.23. The number of ether oxygens (including phenoxy) is 1. The Morgan fingerprint density at radius 1 is 1.23 bits per heavy atom. The van der Waals surface area contributed by atoms with E-state index >= 15 is 0 Å². The van der Waals surface area contributed by atoms with E-state index in [1.54, 1.807) is 23.1 Å². The number of nitrogens with zero attached hydrogens (tertiary/aromatic N) is 1. The van der Waals surface area contributed by atoms with Crippen molar-refractivity contribution in [2.24, 2.45) is 5.92 Å². The Labute approximate surface area is 160 Å². The van der Waals surface area contributed by atoms with E-state index in [2.05, 4.69) is 10.0 Å². The van der Waals surface area contributed by atoms with Gasteiger partial charge in [0.2, 0.25) is 15.9 Å². The Morgan fingerprint density at radius 3 is 2.62 bits per heavy atom. The molecule has 0 radical (unpaired) electrons. The maximum absolute atomic E-state index is 12.4. The maximum Gasteiger partial charge on any atom is 0.241 e. The number of halogens is 1. The number of piperidine rings is 1. The van der Waals surface area contributed by atoms with Gasteiger partial charge in [0.15, 0.2) is 0 Å². The van der Waals surface area contributed by atoms with Gasteiger partial charge in [-0.15, -0.1) is 12.4 Å². The summed E-state index contributed by atoms with van der Waals surface area (Å²) in [4.78, 5) is 14.2. The minimum atomic E-state index is -3.70. The summed E-state index contributed by atoms with van der Waals surface area (Å²) < 4.78 is 32.6. The lowest BCUT2D eigenvalue weighted by molar-refractivity contribution is -0.131. The molecule has 1 saturated heterocycles. The molecule has 0 aliphatic carbocycles. The van der Waals surface area contributed by atoms with E-state index in [-0.39, 0.29) is 29.8 Å². The van der Waals surface area contributed by atoms with E-state index in [1.165, 1.54) is 0 Å². The van der Waals surface area contributed by atoms with Crippen LogP contribution in [0.25, 0.3) is 0 Å². The number of carbonyl (C=O) groups excluding carboxylic acids is 1. The molecule has 3 rings (SSSR count). The highest BCUT2D eigenvalue weighted by Gasteiger charge is 2.24. The molecule has 2 N–H and O–H groups in total. The molecule has 0 unspecified atom stereocenters. The van der Waals surface area contributed by atoms with Crippen LogP contribution in [0.3, 0.4) is 0 Å². The molecular formula is C17H26ClN3O4S. The first-order valence-electron chi connectivity index (χ1n) is 8.61. The lowest BCUT2D eigenvalue weighted by atomic mass is 9.97. The normalized spacial score (nSPS) is 17.7. The van der Waals surface area contributed by atoms with Gasteiger partial charge in [-0.05, 0) is 55.6 Å². The zero-order valence-corrected chi connectivity index (χ0v) is 16.5. The molecule has 26 heavy (non-hydrogen) atoms. The molecule has 2 heterocycles. The fourth-order valence-electron chi connectivity index (χ4n) is 3.34. The fraction of sp³-hybridized carbons (Fsp3) is 0.588. The van der Waals surface area contributed by atoms with Crippen LogP contribution < -0.4 is 10.0 Å². The first kappa shape index (κ1) is 21.1. The first-order chi connectivity index (χ1) is 12.0. The van der Waals surface area contributed by atoms with Crippen molar-refractivity contribution in [1.29, 1.82) is 0 Å². The Hall–Kier alpha value is -1.19. The summed E-state index contributed by atoms with van der Waals surface area (Å²) in [6.45, 7) is 3.07. The van der Waals surface area contributed by atoms with E-state index in [0.717, 1.165) is 30.5 Å². The fourth-order valence-corrected chi connectivity index (χ4v) is 4.37. The standard InChI is InChI=1S/C17H25N3O4S.ClH/c1-18-9-13-4-6-20(7-5-13)17(21)10-19-25(22,23)16-3-2-14-11-24-12-15(14)8-16;/h2-3,8,13,18-19H,4-7,9-12H2,1H3;1H. The molecule has 7 nitrogen and oxygen atoms in total. The smallest absolute Gasteiger partial charge is 0.241 e. The van der Waals surface area contributed by atoms with E-state index in [4.69, 9.17) is 4.74 Å². The quantitative estimate of drug-likeness (QED) is 0.736. The van der Waals surface area contributed by atoms with Crippen LogP contribution in [0.2, 0.25) is 0 Å². The van der Waals surface area contributed by atoms with Gasteiger partial charge in [0.1, 0.15) is 0 Å². The molecule has 0 atom stereocenters. The van der Waals surface area contributed by atoms with E-state index in [9.17, 15) is 13.2 Å². The minimum Gasteiger partial charge on any atom is -0.372 e. The van der Waals surface area contributed by atoms with Gasteiger partial charge in [0.05, 0.1) is 24.7 Å². The van der Waals surface area contributed by atoms with Crippen LogP contribution in [-0.4, -0.2) is 52.5 Å². The largest absolute Gasteiger partial charge is 0.372 e. The third kappa shape index (κ3) is 4.95. The highest BCUT2D eigenvalue weighted by molar-refractivity contribution is 7.89.